The van der Waals surface area contributed by atoms with Crippen LogP contribution in [0.25, 0.3) is 0 Å². The predicted molar refractivity (Wildman–Crippen MR) is 88.9 cm³/mol. The molecule has 3 rings (SSSR count). The molecule has 2 fully saturated rings. The molecule has 0 spiro atoms. The van der Waals surface area contributed by atoms with E-state index in [4.69, 9.17) is 4.52 Å². The predicted octanol–water partition coefficient (Wildman–Crippen LogP) is 2.93. The van der Waals surface area contributed by atoms with Crippen molar-refractivity contribution in [3.8, 4) is 0 Å². The largest absolute Gasteiger partial charge is 0.360 e. The van der Waals surface area contributed by atoms with Gasteiger partial charge in [0.25, 0.3) is 0 Å². The fourth-order valence-corrected chi connectivity index (χ4v) is 3.42. The first kappa shape index (κ1) is 16.5. The number of rotatable bonds is 6. The zero-order chi connectivity index (χ0) is 16.2. The summed E-state index contributed by atoms with van der Waals surface area (Å²) in [4.78, 5) is 14.4. The molecule has 0 unspecified atom stereocenters. The summed E-state index contributed by atoms with van der Waals surface area (Å²) >= 11 is 0. The van der Waals surface area contributed by atoms with Gasteiger partial charge in [-0.15, -0.1) is 0 Å². The monoisotopic (exact) mass is 319 g/mol. The molecule has 1 saturated carbocycles. The molecule has 5 nitrogen and oxygen atoms in total. The Morgan fingerprint density at radius 3 is 2.87 bits per heavy atom. The van der Waals surface area contributed by atoms with Gasteiger partial charge in [-0.2, -0.15) is 0 Å². The number of piperidine rings is 1. The minimum atomic E-state index is 0.269. The van der Waals surface area contributed by atoms with Gasteiger partial charge in [0, 0.05) is 25.1 Å². The van der Waals surface area contributed by atoms with Gasteiger partial charge in [0.05, 0.1) is 12.2 Å². The van der Waals surface area contributed by atoms with Gasteiger partial charge in [-0.3, -0.25) is 9.69 Å². The number of aromatic nitrogens is 1. The van der Waals surface area contributed by atoms with E-state index in [0.717, 1.165) is 50.5 Å². The van der Waals surface area contributed by atoms with Crippen LogP contribution in [0.5, 0.6) is 0 Å². The first-order valence-corrected chi connectivity index (χ1v) is 9.07. The summed E-state index contributed by atoms with van der Waals surface area (Å²) in [6, 6.07) is 2.08. The smallest absolute Gasteiger partial charge is 0.223 e. The molecule has 1 aliphatic carbocycles. The Hall–Kier alpha value is -1.36. The fraction of sp³-hybridized carbons (Fsp3) is 0.778. The molecule has 2 aliphatic rings. The van der Waals surface area contributed by atoms with Gasteiger partial charge in [0.15, 0.2) is 5.76 Å². The molecule has 0 bridgehead atoms. The molecular weight excluding hydrogens is 290 g/mol. The third kappa shape index (κ3) is 4.34. The molecule has 0 aromatic carbocycles. The van der Waals surface area contributed by atoms with Crippen LogP contribution in [0.15, 0.2) is 10.6 Å². The molecule has 2 heterocycles. The molecule has 1 amide bonds. The number of nitrogens with one attached hydrogen (secondary N) is 1. The molecule has 1 N–H and O–H groups in total. The van der Waals surface area contributed by atoms with Crippen LogP contribution in [0.4, 0.5) is 0 Å². The van der Waals surface area contributed by atoms with Crippen LogP contribution in [0.1, 0.15) is 63.3 Å². The van der Waals surface area contributed by atoms with E-state index in [1.54, 1.807) is 0 Å². The highest BCUT2D eigenvalue weighted by Gasteiger charge is 2.27. The molecule has 5 heteroatoms. The van der Waals surface area contributed by atoms with E-state index >= 15 is 0 Å². The number of nitrogens with zero attached hydrogens (tertiary/aromatic N) is 2. The van der Waals surface area contributed by atoms with Crippen LogP contribution in [0.2, 0.25) is 0 Å². The maximum absolute atomic E-state index is 12.0. The highest BCUT2D eigenvalue weighted by atomic mass is 16.5. The van der Waals surface area contributed by atoms with Gasteiger partial charge in [-0.1, -0.05) is 25.4 Å². The molecule has 23 heavy (non-hydrogen) atoms. The van der Waals surface area contributed by atoms with E-state index < -0.39 is 0 Å². The first-order chi connectivity index (χ1) is 11.1. The number of carbonyl (C=O) groups excluding carboxylic acids is 1. The van der Waals surface area contributed by atoms with Crippen LogP contribution in [-0.2, 0) is 11.3 Å². The quantitative estimate of drug-likeness (QED) is 0.876. The first-order valence-electron chi connectivity index (χ1n) is 9.07. The molecule has 1 atom stereocenters. The van der Waals surface area contributed by atoms with Crippen molar-refractivity contribution in [2.75, 3.05) is 19.6 Å². The normalized spacial score (nSPS) is 23.0. The Morgan fingerprint density at radius 1 is 1.39 bits per heavy atom. The maximum atomic E-state index is 12.0. The number of likely N-dealkylation sites (tertiary alicyclic amines) is 1. The van der Waals surface area contributed by atoms with Crippen molar-refractivity contribution in [2.45, 2.75) is 58.4 Å². The van der Waals surface area contributed by atoms with E-state index in [0.29, 0.717) is 17.8 Å². The number of hydrogen-bond donors (Lipinski definition) is 1. The highest BCUT2D eigenvalue weighted by molar-refractivity contribution is 5.79. The molecule has 1 aromatic heterocycles. The molecule has 1 aliphatic heterocycles. The minimum absolute atomic E-state index is 0.269. The lowest BCUT2D eigenvalue weighted by molar-refractivity contribution is -0.127. The summed E-state index contributed by atoms with van der Waals surface area (Å²) < 4.78 is 5.45. The summed E-state index contributed by atoms with van der Waals surface area (Å²) in [5.74, 6) is 2.47. The summed E-state index contributed by atoms with van der Waals surface area (Å²) in [7, 11) is 0. The molecule has 128 valence electrons. The van der Waals surface area contributed by atoms with Crippen molar-refractivity contribution in [2.24, 2.45) is 11.8 Å². The Balaban J connectivity index is 1.44. The van der Waals surface area contributed by atoms with Crippen molar-refractivity contribution in [1.82, 2.24) is 15.4 Å². The van der Waals surface area contributed by atoms with E-state index in [1.165, 1.54) is 19.3 Å². The van der Waals surface area contributed by atoms with Crippen LogP contribution >= 0.6 is 0 Å². The zero-order valence-corrected chi connectivity index (χ0v) is 14.4. The van der Waals surface area contributed by atoms with Crippen molar-refractivity contribution in [3.05, 3.63) is 17.5 Å². The Morgan fingerprint density at radius 2 is 2.22 bits per heavy atom. The topological polar surface area (TPSA) is 58.4 Å². The summed E-state index contributed by atoms with van der Waals surface area (Å²) in [6.07, 6.45) is 5.76. The molecular formula is C18H29N3O2. The van der Waals surface area contributed by atoms with E-state index in [1.807, 2.05) is 0 Å². The molecule has 1 saturated heterocycles. The van der Waals surface area contributed by atoms with Gasteiger partial charge in [0.1, 0.15) is 0 Å². The second kappa shape index (κ2) is 7.47. The third-order valence-electron chi connectivity index (χ3n) is 5.19. The lowest BCUT2D eigenvalue weighted by atomic mass is 9.84. The minimum Gasteiger partial charge on any atom is -0.360 e. The average Bonchev–Trinajstić information content (AvgIpc) is 2.92. The van der Waals surface area contributed by atoms with Gasteiger partial charge < -0.3 is 9.84 Å². The van der Waals surface area contributed by atoms with Gasteiger partial charge in [-0.05, 0) is 44.1 Å². The molecule has 0 radical (unpaired) electrons. The highest BCUT2D eigenvalue weighted by Crippen LogP contribution is 2.26. The average molecular weight is 319 g/mol. The summed E-state index contributed by atoms with van der Waals surface area (Å²) in [5.41, 5.74) is 1.03. The van der Waals surface area contributed by atoms with Crippen LogP contribution in [0.3, 0.4) is 0 Å². The number of amides is 1. The summed E-state index contributed by atoms with van der Waals surface area (Å²) in [5, 5.41) is 7.29. The van der Waals surface area contributed by atoms with Gasteiger partial charge in [0.2, 0.25) is 5.91 Å². The lowest BCUT2D eigenvalue weighted by Gasteiger charge is -2.33. The van der Waals surface area contributed by atoms with E-state index in [-0.39, 0.29) is 5.91 Å². The SMILES string of the molecule is CC(C)c1cc(CN2CCC[C@H](CNC(=O)C3CCC3)C2)on1. The van der Waals surface area contributed by atoms with Crippen molar-refractivity contribution in [1.29, 1.82) is 0 Å². The van der Waals surface area contributed by atoms with Crippen molar-refractivity contribution >= 4 is 5.91 Å². The van der Waals surface area contributed by atoms with Crippen LogP contribution < -0.4 is 5.32 Å². The number of carbonyl (C=O) groups is 1. The maximum Gasteiger partial charge on any atom is 0.223 e. The summed E-state index contributed by atoms with van der Waals surface area (Å²) in [6.45, 7) is 8.03. The van der Waals surface area contributed by atoms with Crippen LogP contribution in [0, 0.1) is 11.8 Å². The lowest BCUT2D eigenvalue weighted by Crippen LogP contribution is -2.42. The second-order valence-electron chi connectivity index (χ2n) is 7.49. The Labute approximate surface area is 138 Å². The van der Waals surface area contributed by atoms with Crippen molar-refractivity contribution in [3.63, 3.8) is 0 Å². The standard InChI is InChI=1S/C18H29N3O2/c1-13(2)17-9-16(23-20-17)12-21-8-4-5-14(11-21)10-19-18(22)15-6-3-7-15/h9,13-15H,3-8,10-12H2,1-2H3,(H,19,22)/t14-/m1/s1. The Bertz CT molecular complexity index is 522. The van der Waals surface area contributed by atoms with E-state index in [9.17, 15) is 4.79 Å². The molecule has 1 aromatic rings. The third-order valence-corrected chi connectivity index (χ3v) is 5.19. The van der Waals surface area contributed by atoms with Gasteiger partial charge >= 0.3 is 0 Å². The number of hydrogen-bond acceptors (Lipinski definition) is 4. The Kier molecular flexibility index (Phi) is 5.36. The van der Waals surface area contributed by atoms with E-state index in [2.05, 4.69) is 35.3 Å². The van der Waals surface area contributed by atoms with Crippen LogP contribution in [-0.4, -0.2) is 35.6 Å². The zero-order valence-electron chi connectivity index (χ0n) is 14.4. The van der Waals surface area contributed by atoms with Crippen molar-refractivity contribution < 1.29 is 9.32 Å². The second-order valence-corrected chi connectivity index (χ2v) is 7.49. The fourth-order valence-electron chi connectivity index (χ4n) is 3.42. The van der Waals surface area contributed by atoms with Gasteiger partial charge in [-0.25, -0.2) is 0 Å².